The molecule has 0 aliphatic carbocycles. The van der Waals surface area contributed by atoms with Gasteiger partial charge in [-0.05, 0) is 27.7 Å². The number of rotatable bonds is 1. The fourth-order valence-electron chi connectivity index (χ4n) is 1.88. The molecule has 5 nitrogen and oxygen atoms in total. The van der Waals surface area contributed by atoms with E-state index in [1.165, 1.54) is 6.92 Å². The van der Waals surface area contributed by atoms with Crippen molar-refractivity contribution in [3.8, 4) is 0 Å². The van der Waals surface area contributed by atoms with Crippen LogP contribution in [0.4, 0.5) is 4.79 Å². The Morgan fingerprint density at radius 2 is 1.88 bits per heavy atom. The molecule has 1 fully saturated rings. The molecule has 1 aliphatic heterocycles. The zero-order valence-electron chi connectivity index (χ0n) is 11.1. The average Bonchev–Trinajstić information content (AvgIpc) is 2.42. The fraction of sp³-hybridized carbons (Fsp3) is 0.833. The van der Waals surface area contributed by atoms with Crippen molar-refractivity contribution in [3.63, 3.8) is 0 Å². The first-order chi connectivity index (χ1) is 7.69. The molecule has 5 heteroatoms. The van der Waals surface area contributed by atoms with Gasteiger partial charge in [0, 0.05) is 19.4 Å². The van der Waals surface area contributed by atoms with Gasteiger partial charge in [0.2, 0.25) is 0 Å². The lowest BCUT2D eigenvalue weighted by Gasteiger charge is -2.26. The minimum absolute atomic E-state index is 0.0363. The summed E-state index contributed by atoms with van der Waals surface area (Å²) in [6.07, 6.45) is 0.105. The number of ether oxygens (including phenoxy) is 2. The maximum atomic E-state index is 11.9. The Labute approximate surface area is 102 Å². The zero-order valence-corrected chi connectivity index (χ0v) is 11.1. The van der Waals surface area contributed by atoms with Crippen LogP contribution in [0.2, 0.25) is 0 Å². The van der Waals surface area contributed by atoms with E-state index >= 15 is 0 Å². The van der Waals surface area contributed by atoms with Gasteiger partial charge < -0.3 is 14.4 Å². The van der Waals surface area contributed by atoms with Gasteiger partial charge >= 0.3 is 12.1 Å². The maximum Gasteiger partial charge on any atom is 0.410 e. The molecule has 0 saturated carbocycles. The van der Waals surface area contributed by atoms with E-state index in [1.54, 1.807) is 4.90 Å². The van der Waals surface area contributed by atoms with Crippen LogP contribution >= 0.6 is 0 Å². The Hall–Kier alpha value is -1.26. The molecule has 0 radical (unpaired) electrons. The lowest BCUT2D eigenvalue weighted by Crippen LogP contribution is -2.39. The minimum Gasteiger partial charge on any atom is -0.461 e. The molecule has 0 aromatic rings. The summed E-state index contributed by atoms with van der Waals surface area (Å²) in [7, 11) is 0. The molecular formula is C12H21NO4. The van der Waals surface area contributed by atoms with E-state index in [9.17, 15) is 9.59 Å². The Morgan fingerprint density at radius 1 is 1.29 bits per heavy atom. The molecule has 0 spiro atoms. The molecule has 0 aromatic heterocycles. The summed E-state index contributed by atoms with van der Waals surface area (Å²) < 4.78 is 10.4. The quantitative estimate of drug-likeness (QED) is 0.660. The Morgan fingerprint density at radius 3 is 2.35 bits per heavy atom. The maximum absolute atomic E-state index is 11.9. The Balaban J connectivity index is 2.55. The number of hydrogen-bond donors (Lipinski definition) is 0. The molecule has 2 atom stereocenters. The normalized spacial score (nSPS) is 24.6. The summed E-state index contributed by atoms with van der Waals surface area (Å²) in [6, 6.07) is 0.0363. The molecular weight excluding hydrogens is 222 g/mol. The van der Waals surface area contributed by atoms with E-state index in [2.05, 4.69) is 0 Å². The van der Waals surface area contributed by atoms with Gasteiger partial charge in [0.05, 0.1) is 6.54 Å². The van der Waals surface area contributed by atoms with Crippen LogP contribution in [0.25, 0.3) is 0 Å². The van der Waals surface area contributed by atoms with E-state index in [1.807, 2.05) is 27.7 Å². The smallest absolute Gasteiger partial charge is 0.410 e. The van der Waals surface area contributed by atoms with Crippen LogP contribution in [0, 0.1) is 0 Å². The molecule has 0 bridgehead atoms. The van der Waals surface area contributed by atoms with Crippen molar-refractivity contribution < 1.29 is 19.1 Å². The lowest BCUT2D eigenvalue weighted by atomic mass is 10.2. The van der Waals surface area contributed by atoms with E-state index in [-0.39, 0.29) is 24.2 Å². The van der Waals surface area contributed by atoms with Gasteiger partial charge in [-0.3, -0.25) is 4.79 Å². The molecule has 17 heavy (non-hydrogen) atoms. The molecule has 1 rings (SSSR count). The van der Waals surface area contributed by atoms with Crippen LogP contribution in [0.1, 0.15) is 41.0 Å². The van der Waals surface area contributed by atoms with Crippen molar-refractivity contribution in [2.45, 2.75) is 58.8 Å². The highest BCUT2D eigenvalue weighted by Gasteiger charge is 2.36. The van der Waals surface area contributed by atoms with Crippen molar-refractivity contribution in [2.75, 3.05) is 6.54 Å². The highest BCUT2D eigenvalue weighted by Crippen LogP contribution is 2.22. The predicted molar refractivity (Wildman–Crippen MR) is 62.6 cm³/mol. The first kappa shape index (κ1) is 13.8. The highest BCUT2D eigenvalue weighted by atomic mass is 16.6. The molecule has 0 aromatic carbocycles. The Kier molecular flexibility index (Phi) is 4.01. The second-order valence-corrected chi connectivity index (χ2v) is 5.45. The van der Waals surface area contributed by atoms with Crippen molar-refractivity contribution >= 4 is 12.1 Å². The average molecular weight is 243 g/mol. The van der Waals surface area contributed by atoms with E-state index in [0.29, 0.717) is 13.0 Å². The predicted octanol–water partition coefficient (Wildman–Crippen LogP) is 1.95. The van der Waals surface area contributed by atoms with Gasteiger partial charge in [-0.2, -0.15) is 0 Å². The number of esters is 1. The number of nitrogens with zero attached hydrogens (tertiary/aromatic N) is 1. The number of carbonyl (C=O) groups excluding carboxylic acids is 2. The summed E-state index contributed by atoms with van der Waals surface area (Å²) in [5.41, 5.74) is -0.504. The van der Waals surface area contributed by atoms with Crippen LogP contribution in [-0.4, -0.2) is 41.3 Å². The lowest BCUT2D eigenvalue weighted by molar-refractivity contribution is -0.145. The van der Waals surface area contributed by atoms with E-state index in [0.717, 1.165) is 0 Å². The summed E-state index contributed by atoms with van der Waals surface area (Å²) in [6.45, 7) is 9.20. The Bertz CT molecular complexity index is 308. The molecule has 1 aliphatic rings. The third kappa shape index (κ3) is 4.24. The standard InChI is InChI=1S/C12H21NO4/c1-8-6-10(16-9(2)14)7-13(8)11(15)17-12(3,4)5/h8,10H,6-7H2,1-5H3/t8-,10-/m1/s1. The van der Waals surface area contributed by atoms with E-state index < -0.39 is 5.60 Å². The van der Waals surface area contributed by atoms with E-state index in [4.69, 9.17) is 9.47 Å². The van der Waals surface area contributed by atoms with Crippen LogP contribution in [0.3, 0.4) is 0 Å². The summed E-state index contributed by atoms with van der Waals surface area (Å²) >= 11 is 0. The van der Waals surface area contributed by atoms with Gasteiger partial charge in [0.1, 0.15) is 11.7 Å². The van der Waals surface area contributed by atoms with Gasteiger partial charge in [0.25, 0.3) is 0 Å². The molecule has 0 N–H and O–H groups in total. The molecule has 98 valence electrons. The molecule has 0 unspecified atom stereocenters. The number of likely N-dealkylation sites (tertiary alicyclic amines) is 1. The van der Waals surface area contributed by atoms with Gasteiger partial charge in [-0.25, -0.2) is 4.79 Å². The summed E-state index contributed by atoms with van der Waals surface area (Å²) in [4.78, 5) is 24.3. The van der Waals surface area contributed by atoms with Gasteiger partial charge in [-0.1, -0.05) is 0 Å². The summed E-state index contributed by atoms with van der Waals surface area (Å²) in [5, 5.41) is 0. The summed E-state index contributed by atoms with van der Waals surface area (Å²) in [5.74, 6) is -0.312. The third-order valence-corrected chi connectivity index (χ3v) is 2.50. The second kappa shape index (κ2) is 4.94. The first-order valence-electron chi connectivity index (χ1n) is 5.86. The molecule has 1 amide bonds. The van der Waals surface area contributed by atoms with Crippen LogP contribution < -0.4 is 0 Å². The van der Waals surface area contributed by atoms with Crippen LogP contribution in [0.15, 0.2) is 0 Å². The third-order valence-electron chi connectivity index (χ3n) is 2.50. The topological polar surface area (TPSA) is 55.8 Å². The second-order valence-electron chi connectivity index (χ2n) is 5.45. The molecule has 1 heterocycles. The number of amides is 1. The first-order valence-corrected chi connectivity index (χ1v) is 5.86. The monoisotopic (exact) mass is 243 g/mol. The number of carbonyl (C=O) groups is 2. The van der Waals surface area contributed by atoms with Gasteiger partial charge in [-0.15, -0.1) is 0 Å². The van der Waals surface area contributed by atoms with Crippen LogP contribution in [-0.2, 0) is 14.3 Å². The van der Waals surface area contributed by atoms with Crippen molar-refractivity contribution in [1.82, 2.24) is 4.90 Å². The largest absolute Gasteiger partial charge is 0.461 e. The zero-order chi connectivity index (χ0) is 13.2. The minimum atomic E-state index is -0.504. The molecule has 1 saturated heterocycles. The van der Waals surface area contributed by atoms with Gasteiger partial charge in [0.15, 0.2) is 0 Å². The van der Waals surface area contributed by atoms with Crippen molar-refractivity contribution in [1.29, 1.82) is 0 Å². The van der Waals surface area contributed by atoms with Crippen LogP contribution in [0.5, 0.6) is 0 Å². The highest BCUT2D eigenvalue weighted by molar-refractivity contribution is 5.69. The van der Waals surface area contributed by atoms with Crippen molar-refractivity contribution in [2.24, 2.45) is 0 Å². The SMILES string of the molecule is CC(=O)O[C@@H]1C[C@@H](C)N(C(=O)OC(C)(C)C)C1. The fourth-order valence-corrected chi connectivity index (χ4v) is 1.88. The van der Waals surface area contributed by atoms with Crippen molar-refractivity contribution in [3.05, 3.63) is 0 Å². The number of hydrogen-bond acceptors (Lipinski definition) is 4.